The van der Waals surface area contributed by atoms with Crippen LogP contribution in [0.1, 0.15) is 27.6 Å². The highest BCUT2D eigenvalue weighted by molar-refractivity contribution is 6.01. The number of hydrogen-bond acceptors (Lipinski definition) is 3. The van der Waals surface area contributed by atoms with Gasteiger partial charge in [0, 0.05) is 11.8 Å². The maximum Gasteiger partial charge on any atom is 0.339 e. The molecule has 0 unspecified atom stereocenters. The molecule has 1 aromatic heterocycles. The van der Waals surface area contributed by atoms with Crippen molar-refractivity contribution in [2.75, 3.05) is 6.61 Å². The number of aromatic nitrogens is 1. The molecule has 0 atom stereocenters. The van der Waals surface area contributed by atoms with Crippen LogP contribution >= 0.6 is 0 Å². The predicted octanol–water partition coefficient (Wildman–Crippen LogP) is 4.02. The van der Waals surface area contributed by atoms with Crippen molar-refractivity contribution in [2.24, 2.45) is 0 Å². The van der Waals surface area contributed by atoms with Gasteiger partial charge in [0.2, 0.25) is 0 Å². The molecule has 0 saturated heterocycles. The van der Waals surface area contributed by atoms with Crippen LogP contribution < -0.4 is 0 Å². The van der Waals surface area contributed by atoms with Crippen LogP contribution in [0.5, 0.6) is 0 Å². The Morgan fingerprint density at radius 3 is 2.17 bits per heavy atom. The minimum Gasteiger partial charge on any atom is -0.462 e. The summed E-state index contributed by atoms with van der Waals surface area (Å²) >= 11 is 0. The number of nitrogens with zero attached hydrogens (tertiary/aromatic N) is 1. The highest BCUT2D eigenvalue weighted by Crippen LogP contribution is 2.24. The van der Waals surface area contributed by atoms with E-state index in [0.29, 0.717) is 16.8 Å². The van der Waals surface area contributed by atoms with E-state index in [9.17, 15) is 9.59 Å². The second-order valence-corrected chi connectivity index (χ2v) is 5.24. The van der Waals surface area contributed by atoms with Crippen molar-refractivity contribution >= 4 is 11.9 Å². The third-order valence-electron chi connectivity index (χ3n) is 3.64. The van der Waals surface area contributed by atoms with E-state index in [1.54, 1.807) is 25.1 Å². The Balaban J connectivity index is 2.09. The van der Waals surface area contributed by atoms with Crippen LogP contribution in [0, 0.1) is 0 Å². The van der Waals surface area contributed by atoms with Crippen LogP contribution in [0.15, 0.2) is 72.9 Å². The van der Waals surface area contributed by atoms with Gasteiger partial charge >= 0.3 is 5.97 Å². The van der Waals surface area contributed by atoms with Gasteiger partial charge in [-0.05, 0) is 30.7 Å². The van der Waals surface area contributed by atoms with Gasteiger partial charge in [-0.15, -0.1) is 0 Å². The number of carbonyl (C=O) groups excluding carboxylic acids is 2. The zero-order valence-corrected chi connectivity index (χ0v) is 13.3. The quantitative estimate of drug-likeness (QED) is 0.682. The minimum atomic E-state index is -0.436. The molecule has 0 spiro atoms. The Morgan fingerprint density at radius 2 is 1.54 bits per heavy atom. The standard InChI is InChI=1S/C20H17NO3/c1-2-24-20(23)17-13-18(15-9-5-3-6-10-15)21(14-17)19(22)16-11-7-4-8-12-16/h3-14H,2H2,1H3. The van der Waals surface area contributed by atoms with E-state index in [4.69, 9.17) is 4.74 Å². The molecule has 0 radical (unpaired) electrons. The largest absolute Gasteiger partial charge is 0.462 e. The molecule has 4 heteroatoms. The molecule has 4 nitrogen and oxygen atoms in total. The molecule has 2 aromatic carbocycles. The van der Waals surface area contributed by atoms with E-state index in [1.165, 1.54) is 10.8 Å². The molecule has 120 valence electrons. The Labute approximate surface area is 140 Å². The SMILES string of the molecule is CCOC(=O)c1cc(-c2ccccc2)n(C(=O)c2ccccc2)c1. The molecule has 24 heavy (non-hydrogen) atoms. The molecule has 1 heterocycles. The lowest BCUT2D eigenvalue weighted by molar-refractivity contribution is 0.0526. The minimum absolute atomic E-state index is 0.190. The molecule has 3 rings (SSSR count). The van der Waals surface area contributed by atoms with Crippen LogP contribution in [-0.4, -0.2) is 23.1 Å². The molecule has 0 aliphatic rings. The normalized spacial score (nSPS) is 10.4. The van der Waals surface area contributed by atoms with Gasteiger partial charge in [0.25, 0.3) is 5.91 Å². The fourth-order valence-corrected chi connectivity index (χ4v) is 2.51. The maximum absolute atomic E-state index is 12.8. The third kappa shape index (κ3) is 3.13. The highest BCUT2D eigenvalue weighted by atomic mass is 16.5. The first kappa shape index (κ1) is 15.7. The van der Waals surface area contributed by atoms with Crippen LogP contribution in [0.2, 0.25) is 0 Å². The topological polar surface area (TPSA) is 48.3 Å². The zero-order valence-electron chi connectivity index (χ0n) is 13.3. The molecule has 0 aliphatic carbocycles. The third-order valence-corrected chi connectivity index (χ3v) is 3.64. The summed E-state index contributed by atoms with van der Waals surface area (Å²) in [5.41, 5.74) is 2.44. The van der Waals surface area contributed by atoms with E-state index in [-0.39, 0.29) is 12.5 Å². The highest BCUT2D eigenvalue weighted by Gasteiger charge is 2.19. The first-order chi connectivity index (χ1) is 11.7. The van der Waals surface area contributed by atoms with Crippen molar-refractivity contribution in [3.63, 3.8) is 0 Å². The van der Waals surface area contributed by atoms with Crippen LogP contribution in [0.25, 0.3) is 11.3 Å². The monoisotopic (exact) mass is 319 g/mol. The van der Waals surface area contributed by atoms with Gasteiger partial charge < -0.3 is 4.74 Å². The molecule has 0 aliphatic heterocycles. The summed E-state index contributed by atoms with van der Waals surface area (Å²) < 4.78 is 6.55. The molecule has 0 bridgehead atoms. The van der Waals surface area contributed by atoms with Gasteiger partial charge in [-0.2, -0.15) is 0 Å². The van der Waals surface area contributed by atoms with Gasteiger partial charge in [-0.3, -0.25) is 9.36 Å². The Bertz CT molecular complexity index is 851. The lowest BCUT2D eigenvalue weighted by Crippen LogP contribution is -2.12. The van der Waals surface area contributed by atoms with Gasteiger partial charge in [0.05, 0.1) is 17.9 Å². The number of carbonyl (C=O) groups is 2. The maximum atomic E-state index is 12.8. The smallest absolute Gasteiger partial charge is 0.339 e. The van der Waals surface area contributed by atoms with Crippen molar-refractivity contribution < 1.29 is 14.3 Å². The molecule has 0 fully saturated rings. The summed E-state index contributed by atoms with van der Waals surface area (Å²) in [7, 11) is 0. The summed E-state index contributed by atoms with van der Waals surface area (Å²) in [6.07, 6.45) is 1.54. The second kappa shape index (κ2) is 6.96. The summed E-state index contributed by atoms with van der Waals surface area (Å²) in [6.45, 7) is 2.04. The van der Waals surface area contributed by atoms with Crippen molar-refractivity contribution in [1.82, 2.24) is 4.57 Å². The Morgan fingerprint density at radius 1 is 0.917 bits per heavy atom. The van der Waals surface area contributed by atoms with Crippen molar-refractivity contribution in [3.05, 3.63) is 84.1 Å². The Hall–Kier alpha value is -3.14. The second-order valence-electron chi connectivity index (χ2n) is 5.24. The lowest BCUT2D eigenvalue weighted by atomic mass is 10.1. The Kier molecular flexibility index (Phi) is 4.57. The average molecular weight is 319 g/mol. The van der Waals surface area contributed by atoms with E-state index >= 15 is 0 Å². The van der Waals surface area contributed by atoms with Crippen molar-refractivity contribution in [1.29, 1.82) is 0 Å². The van der Waals surface area contributed by atoms with Gasteiger partial charge in [-0.25, -0.2) is 4.79 Å². The number of esters is 1. The lowest BCUT2D eigenvalue weighted by Gasteiger charge is -2.08. The number of ether oxygens (including phenoxy) is 1. The van der Waals surface area contributed by atoms with Crippen LogP contribution in [0.4, 0.5) is 0 Å². The number of benzene rings is 2. The molecular formula is C20H17NO3. The predicted molar refractivity (Wildman–Crippen MR) is 92.0 cm³/mol. The van der Waals surface area contributed by atoms with Gasteiger partial charge in [0.1, 0.15) is 0 Å². The average Bonchev–Trinajstić information content (AvgIpc) is 3.08. The van der Waals surface area contributed by atoms with Crippen LogP contribution in [0.3, 0.4) is 0 Å². The van der Waals surface area contributed by atoms with Crippen LogP contribution in [-0.2, 0) is 4.74 Å². The first-order valence-electron chi connectivity index (χ1n) is 7.75. The molecule has 0 saturated carbocycles. The van der Waals surface area contributed by atoms with E-state index in [1.807, 2.05) is 48.5 Å². The fraction of sp³-hybridized carbons (Fsp3) is 0.100. The summed E-state index contributed by atoms with van der Waals surface area (Å²) in [6, 6.07) is 20.2. The number of hydrogen-bond donors (Lipinski definition) is 0. The molecular weight excluding hydrogens is 302 g/mol. The van der Waals surface area contributed by atoms with E-state index in [2.05, 4.69) is 0 Å². The van der Waals surface area contributed by atoms with Gasteiger partial charge in [0.15, 0.2) is 0 Å². The molecule has 0 amide bonds. The number of rotatable bonds is 4. The summed E-state index contributed by atoms with van der Waals surface area (Å²) in [5, 5.41) is 0. The van der Waals surface area contributed by atoms with Gasteiger partial charge in [-0.1, -0.05) is 48.5 Å². The molecule has 3 aromatic rings. The first-order valence-corrected chi connectivity index (χ1v) is 7.75. The van der Waals surface area contributed by atoms with E-state index in [0.717, 1.165) is 5.56 Å². The van der Waals surface area contributed by atoms with Crippen molar-refractivity contribution in [3.8, 4) is 11.3 Å². The fourth-order valence-electron chi connectivity index (χ4n) is 2.51. The summed E-state index contributed by atoms with van der Waals surface area (Å²) in [4.78, 5) is 24.9. The summed E-state index contributed by atoms with van der Waals surface area (Å²) in [5.74, 6) is -0.626. The van der Waals surface area contributed by atoms with E-state index < -0.39 is 5.97 Å². The zero-order chi connectivity index (χ0) is 16.9. The molecule has 0 N–H and O–H groups in total. The van der Waals surface area contributed by atoms with Crippen molar-refractivity contribution in [2.45, 2.75) is 6.92 Å².